The molecule has 2 aromatic heterocycles. The maximum absolute atomic E-state index is 13.9. The molecule has 7 nitrogen and oxygen atoms in total. The molecule has 0 saturated heterocycles. The second-order valence-corrected chi connectivity index (χ2v) is 14.1. The molecule has 0 saturated carbocycles. The number of anilines is 1. The van der Waals surface area contributed by atoms with Gasteiger partial charge in [-0.3, -0.25) is 14.7 Å². The predicted molar refractivity (Wildman–Crippen MR) is 163 cm³/mol. The molecule has 0 spiro atoms. The van der Waals surface area contributed by atoms with E-state index in [-0.39, 0.29) is 29.2 Å². The van der Waals surface area contributed by atoms with Gasteiger partial charge in [-0.15, -0.1) is 0 Å². The highest BCUT2D eigenvalue weighted by atomic mass is 32.2. The van der Waals surface area contributed by atoms with Crippen LogP contribution in [-0.2, 0) is 16.6 Å². The Hall–Kier alpha value is -3.14. The predicted octanol–water partition coefficient (Wildman–Crippen LogP) is 6.96. The molecular formula is C31H38N4O3S2. The number of aromatic nitrogens is 2. The Balaban J connectivity index is 1.70. The van der Waals surface area contributed by atoms with Gasteiger partial charge in [-0.2, -0.15) is 4.31 Å². The van der Waals surface area contributed by atoms with Gasteiger partial charge in [0.05, 0.1) is 27.4 Å². The van der Waals surface area contributed by atoms with Crippen LogP contribution in [0.25, 0.3) is 10.2 Å². The minimum Gasteiger partial charge on any atom is -0.278 e. The number of rotatable bonds is 11. The molecule has 2 heterocycles. The molecule has 4 aromatic rings. The number of nitrogens with zero attached hydrogens (tertiary/aromatic N) is 4. The van der Waals surface area contributed by atoms with Crippen molar-refractivity contribution in [2.24, 2.45) is 11.8 Å². The van der Waals surface area contributed by atoms with E-state index < -0.39 is 10.0 Å². The Morgan fingerprint density at radius 1 is 0.875 bits per heavy atom. The summed E-state index contributed by atoms with van der Waals surface area (Å²) in [7, 11) is -3.70. The molecule has 212 valence electrons. The highest BCUT2D eigenvalue weighted by Crippen LogP contribution is 2.35. The third-order valence-corrected chi connectivity index (χ3v) is 9.35. The first-order valence-corrected chi connectivity index (χ1v) is 15.9. The molecule has 0 atom stereocenters. The fourth-order valence-corrected chi connectivity index (χ4v) is 7.34. The summed E-state index contributed by atoms with van der Waals surface area (Å²) in [5.41, 5.74) is 3.15. The molecule has 4 rings (SSSR count). The Kier molecular flexibility index (Phi) is 9.38. The smallest absolute Gasteiger partial charge is 0.260 e. The van der Waals surface area contributed by atoms with Gasteiger partial charge in [0.15, 0.2) is 5.13 Å². The van der Waals surface area contributed by atoms with Gasteiger partial charge in [-0.05, 0) is 65.8 Å². The summed E-state index contributed by atoms with van der Waals surface area (Å²) in [6, 6.07) is 18.0. The van der Waals surface area contributed by atoms with Crippen LogP contribution in [0.2, 0.25) is 0 Å². The van der Waals surface area contributed by atoms with Gasteiger partial charge < -0.3 is 0 Å². The average Bonchev–Trinajstić information content (AvgIpc) is 3.35. The van der Waals surface area contributed by atoms with Crippen molar-refractivity contribution in [1.82, 2.24) is 14.3 Å². The van der Waals surface area contributed by atoms with Gasteiger partial charge in [0.2, 0.25) is 10.0 Å². The molecule has 0 N–H and O–H groups in total. The van der Waals surface area contributed by atoms with Gasteiger partial charge in [0.1, 0.15) is 0 Å². The molecule has 9 heteroatoms. The zero-order valence-corrected chi connectivity index (χ0v) is 25.7. The van der Waals surface area contributed by atoms with E-state index in [4.69, 9.17) is 4.98 Å². The van der Waals surface area contributed by atoms with Gasteiger partial charge in [-0.1, -0.05) is 71.1 Å². The quantitative estimate of drug-likeness (QED) is 0.192. The zero-order chi connectivity index (χ0) is 29.0. The van der Waals surface area contributed by atoms with E-state index in [1.54, 1.807) is 27.5 Å². The number of hydrogen-bond acceptors (Lipinski definition) is 6. The molecule has 0 bridgehead atoms. The normalized spacial score (nSPS) is 12.2. The van der Waals surface area contributed by atoms with Crippen molar-refractivity contribution < 1.29 is 13.2 Å². The van der Waals surface area contributed by atoms with Crippen molar-refractivity contribution in [3.8, 4) is 0 Å². The summed E-state index contributed by atoms with van der Waals surface area (Å²) in [5, 5.41) is 0.579. The van der Waals surface area contributed by atoms with Gasteiger partial charge in [0, 0.05) is 24.8 Å². The monoisotopic (exact) mass is 578 g/mol. The van der Waals surface area contributed by atoms with Crippen LogP contribution in [0.15, 0.2) is 71.8 Å². The standard InChI is InChI=1S/C31H38N4O3S2/c1-21(2)18-34(19-22(3)4)40(37,38)26-15-13-24(14-16-26)30(36)35(20-25-10-7-8-17-32-25)31-33-29-27(23(5)6)11-9-12-28(29)39-31/h7-17,21-23H,18-20H2,1-6H3. The van der Waals surface area contributed by atoms with Crippen LogP contribution >= 0.6 is 11.3 Å². The van der Waals surface area contributed by atoms with Crippen LogP contribution in [0.4, 0.5) is 5.13 Å². The summed E-state index contributed by atoms with van der Waals surface area (Å²) in [6.45, 7) is 13.4. The molecule has 0 aliphatic carbocycles. The van der Waals surface area contributed by atoms with Gasteiger partial charge in [0.25, 0.3) is 5.91 Å². The lowest BCUT2D eigenvalue weighted by atomic mass is 10.0. The molecular weight excluding hydrogens is 541 g/mol. The lowest BCUT2D eigenvalue weighted by molar-refractivity contribution is 0.0984. The van der Waals surface area contributed by atoms with Gasteiger partial charge >= 0.3 is 0 Å². The summed E-state index contributed by atoms with van der Waals surface area (Å²) >= 11 is 1.47. The number of amides is 1. The van der Waals surface area contributed by atoms with E-state index in [9.17, 15) is 13.2 Å². The number of para-hydroxylation sites is 1. The molecule has 40 heavy (non-hydrogen) atoms. The topological polar surface area (TPSA) is 83.5 Å². The number of fused-ring (bicyclic) bond motifs is 1. The average molecular weight is 579 g/mol. The summed E-state index contributed by atoms with van der Waals surface area (Å²) in [6.07, 6.45) is 1.70. The van der Waals surface area contributed by atoms with E-state index in [2.05, 4.69) is 24.9 Å². The van der Waals surface area contributed by atoms with Crippen molar-refractivity contribution in [2.75, 3.05) is 18.0 Å². The summed E-state index contributed by atoms with van der Waals surface area (Å²) < 4.78 is 29.5. The van der Waals surface area contributed by atoms with E-state index in [0.717, 1.165) is 21.5 Å². The number of sulfonamides is 1. The largest absolute Gasteiger partial charge is 0.278 e. The zero-order valence-electron chi connectivity index (χ0n) is 24.0. The number of thiazole rings is 1. The highest BCUT2D eigenvalue weighted by Gasteiger charge is 2.27. The fourth-order valence-electron chi connectivity index (χ4n) is 4.58. The Morgan fingerprint density at radius 2 is 1.55 bits per heavy atom. The van der Waals surface area contributed by atoms with Crippen LogP contribution < -0.4 is 4.90 Å². The minimum absolute atomic E-state index is 0.184. The van der Waals surface area contributed by atoms with Crippen molar-refractivity contribution in [2.45, 2.75) is 58.9 Å². The Morgan fingerprint density at radius 3 is 2.12 bits per heavy atom. The van der Waals surface area contributed by atoms with E-state index >= 15 is 0 Å². The van der Waals surface area contributed by atoms with Crippen LogP contribution in [0.3, 0.4) is 0 Å². The molecule has 0 radical (unpaired) electrons. The van der Waals surface area contributed by atoms with Gasteiger partial charge in [-0.25, -0.2) is 13.4 Å². The molecule has 2 aromatic carbocycles. The van der Waals surface area contributed by atoms with E-state index in [1.165, 1.54) is 23.5 Å². The second kappa shape index (κ2) is 12.6. The first kappa shape index (κ1) is 29.8. The lowest BCUT2D eigenvalue weighted by Crippen LogP contribution is -2.37. The number of carbonyl (C=O) groups excluding carboxylic acids is 1. The van der Waals surface area contributed by atoms with Crippen molar-refractivity contribution >= 4 is 42.6 Å². The molecule has 0 unspecified atom stereocenters. The number of hydrogen-bond donors (Lipinski definition) is 0. The maximum atomic E-state index is 13.9. The number of benzene rings is 2. The molecule has 0 aliphatic rings. The SMILES string of the molecule is CC(C)CN(CC(C)C)S(=O)(=O)c1ccc(C(=O)N(Cc2ccccn2)c2nc3c(C(C)C)cccc3s2)cc1. The number of carbonyl (C=O) groups is 1. The highest BCUT2D eigenvalue weighted by molar-refractivity contribution is 7.89. The number of pyridine rings is 1. The minimum atomic E-state index is -3.70. The molecule has 0 aliphatic heterocycles. The first-order chi connectivity index (χ1) is 19.0. The van der Waals surface area contributed by atoms with Crippen LogP contribution in [0, 0.1) is 11.8 Å². The first-order valence-electron chi connectivity index (χ1n) is 13.7. The lowest BCUT2D eigenvalue weighted by Gasteiger charge is -2.26. The third kappa shape index (κ3) is 6.77. The third-order valence-electron chi connectivity index (χ3n) is 6.46. The maximum Gasteiger partial charge on any atom is 0.260 e. The van der Waals surface area contributed by atoms with Crippen molar-refractivity contribution in [3.63, 3.8) is 0 Å². The second-order valence-electron chi connectivity index (χ2n) is 11.2. The van der Waals surface area contributed by atoms with Crippen molar-refractivity contribution in [3.05, 3.63) is 83.7 Å². The van der Waals surface area contributed by atoms with Crippen LogP contribution in [-0.4, -0.2) is 41.7 Å². The van der Waals surface area contributed by atoms with Crippen LogP contribution in [0.1, 0.15) is 69.1 Å². The summed E-state index contributed by atoms with van der Waals surface area (Å²) in [5.74, 6) is 0.416. The van der Waals surface area contributed by atoms with Crippen molar-refractivity contribution in [1.29, 1.82) is 0 Å². The van der Waals surface area contributed by atoms with E-state index in [0.29, 0.717) is 29.7 Å². The Labute approximate surface area is 241 Å². The summed E-state index contributed by atoms with van der Waals surface area (Å²) in [4.78, 5) is 25.1. The molecule has 1 amide bonds. The van der Waals surface area contributed by atoms with Crippen LogP contribution in [0.5, 0.6) is 0 Å². The molecule has 0 fully saturated rings. The Bertz CT molecular complexity index is 1540. The fraction of sp³-hybridized carbons (Fsp3) is 0.387. The van der Waals surface area contributed by atoms with E-state index in [1.807, 2.05) is 58.0 Å².